The molecule has 1 saturated heterocycles. The second kappa shape index (κ2) is 9.73. The molecule has 0 saturated carbocycles. The first-order chi connectivity index (χ1) is 9.19. The molecule has 0 aromatic carbocycles. The maximum absolute atomic E-state index is 5.42. The van der Waals surface area contributed by atoms with Gasteiger partial charge in [0.25, 0.3) is 0 Å². The third-order valence-electron chi connectivity index (χ3n) is 4.43. The third kappa shape index (κ3) is 6.24. The Morgan fingerprint density at radius 3 is 2.68 bits per heavy atom. The molecular formula is C16H34N2O. The molecule has 114 valence electrons. The van der Waals surface area contributed by atoms with E-state index in [9.17, 15) is 0 Å². The number of hydrogen-bond acceptors (Lipinski definition) is 3. The lowest BCUT2D eigenvalue weighted by atomic mass is 9.89. The van der Waals surface area contributed by atoms with E-state index in [0.29, 0.717) is 6.04 Å². The van der Waals surface area contributed by atoms with Gasteiger partial charge in [-0.2, -0.15) is 0 Å². The second-order valence-electron chi connectivity index (χ2n) is 6.28. The lowest BCUT2D eigenvalue weighted by Crippen LogP contribution is -2.45. The molecule has 3 heteroatoms. The van der Waals surface area contributed by atoms with Crippen LogP contribution >= 0.6 is 0 Å². The Morgan fingerprint density at radius 1 is 1.26 bits per heavy atom. The summed E-state index contributed by atoms with van der Waals surface area (Å²) >= 11 is 0. The van der Waals surface area contributed by atoms with Crippen molar-refractivity contribution in [2.45, 2.75) is 52.5 Å². The summed E-state index contributed by atoms with van der Waals surface area (Å²) in [6, 6.07) is 0.544. The molecule has 0 amide bonds. The zero-order valence-electron chi connectivity index (χ0n) is 13.5. The average molecular weight is 270 g/mol. The predicted octanol–water partition coefficient (Wildman–Crippen LogP) is 2.76. The molecule has 0 aliphatic carbocycles. The minimum Gasteiger partial charge on any atom is -0.383 e. The molecule has 1 aliphatic heterocycles. The Balaban J connectivity index is 2.44. The van der Waals surface area contributed by atoms with Crippen LogP contribution in [0.1, 0.15) is 46.5 Å². The van der Waals surface area contributed by atoms with E-state index in [1.165, 1.54) is 38.8 Å². The SMILES string of the molecule is CCCNCC(COC)N1CCCC(C(C)C)CC1. The van der Waals surface area contributed by atoms with Gasteiger partial charge in [-0.05, 0) is 57.2 Å². The molecule has 1 heterocycles. The topological polar surface area (TPSA) is 24.5 Å². The maximum Gasteiger partial charge on any atom is 0.0630 e. The first-order valence-corrected chi connectivity index (χ1v) is 8.12. The molecule has 1 N–H and O–H groups in total. The van der Waals surface area contributed by atoms with Crippen molar-refractivity contribution in [3.05, 3.63) is 0 Å². The van der Waals surface area contributed by atoms with Crippen LogP contribution in [0.15, 0.2) is 0 Å². The lowest BCUT2D eigenvalue weighted by molar-refractivity contribution is 0.0901. The summed E-state index contributed by atoms with van der Waals surface area (Å²) in [6.07, 6.45) is 5.30. The van der Waals surface area contributed by atoms with Gasteiger partial charge in [0.05, 0.1) is 6.61 Å². The standard InChI is InChI=1S/C16H34N2O/c1-5-9-17-12-16(13-19-4)18-10-6-7-15(8-11-18)14(2)3/h14-17H,5-13H2,1-4H3. The van der Waals surface area contributed by atoms with Gasteiger partial charge in [0.15, 0.2) is 0 Å². The van der Waals surface area contributed by atoms with E-state index < -0.39 is 0 Å². The van der Waals surface area contributed by atoms with E-state index >= 15 is 0 Å². The van der Waals surface area contributed by atoms with Crippen molar-refractivity contribution in [2.24, 2.45) is 11.8 Å². The maximum atomic E-state index is 5.42. The quantitative estimate of drug-likeness (QED) is 0.686. The van der Waals surface area contributed by atoms with Gasteiger partial charge in [-0.1, -0.05) is 20.8 Å². The van der Waals surface area contributed by atoms with Gasteiger partial charge in [0.1, 0.15) is 0 Å². The van der Waals surface area contributed by atoms with Crippen molar-refractivity contribution in [1.29, 1.82) is 0 Å². The van der Waals surface area contributed by atoms with Gasteiger partial charge < -0.3 is 10.1 Å². The fraction of sp³-hybridized carbons (Fsp3) is 1.00. The highest BCUT2D eigenvalue weighted by atomic mass is 16.5. The normalized spacial score (nSPS) is 23.5. The van der Waals surface area contributed by atoms with Crippen molar-refractivity contribution in [3.63, 3.8) is 0 Å². The molecule has 0 radical (unpaired) electrons. The van der Waals surface area contributed by atoms with Crippen LogP contribution in [0, 0.1) is 11.8 Å². The zero-order chi connectivity index (χ0) is 14.1. The van der Waals surface area contributed by atoms with Crippen LogP contribution in [0.4, 0.5) is 0 Å². The number of nitrogens with zero attached hydrogens (tertiary/aromatic N) is 1. The number of methoxy groups -OCH3 is 1. The minimum atomic E-state index is 0.544. The third-order valence-corrected chi connectivity index (χ3v) is 4.43. The number of hydrogen-bond donors (Lipinski definition) is 1. The Labute approximate surface area is 120 Å². The van der Waals surface area contributed by atoms with Crippen molar-refractivity contribution >= 4 is 0 Å². The first kappa shape index (κ1) is 16.9. The summed E-state index contributed by atoms with van der Waals surface area (Å²) < 4.78 is 5.42. The van der Waals surface area contributed by atoms with E-state index in [-0.39, 0.29) is 0 Å². The Kier molecular flexibility index (Phi) is 8.67. The van der Waals surface area contributed by atoms with Crippen molar-refractivity contribution in [1.82, 2.24) is 10.2 Å². The van der Waals surface area contributed by atoms with Crippen molar-refractivity contribution in [3.8, 4) is 0 Å². The molecule has 1 rings (SSSR count). The molecule has 0 aromatic rings. The van der Waals surface area contributed by atoms with Gasteiger partial charge >= 0.3 is 0 Å². The summed E-state index contributed by atoms with van der Waals surface area (Å²) in [5.74, 6) is 1.75. The van der Waals surface area contributed by atoms with Gasteiger partial charge in [-0.15, -0.1) is 0 Å². The molecule has 2 atom stereocenters. The molecule has 0 bridgehead atoms. The Bertz CT molecular complexity index is 221. The number of ether oxygens (including phenoxy) is 1. The molecule has 3 nitrogen and oxygen atoms in total. The van der Waals surface area contributed by atoms with Crippen LogP contribution in [0.3, 0.4) is 0 Å². The molecule has 0 aromatic heterocycles. The molecule has 0 spiro atoms. The monoisotopic (exact) mass is 270 g/mol. The van der Waals surface area contributed by atoms with E-state index in [4.69, 9.17) is 4.74 Å². The highest BCUT2D eigenvalue weighted by Gasteiger charge is 2.24. The Morgan fingerprint density at radius 2 is 2.05 bits per heavy atom. The zero-order valence-corrected chi connectivity index (χ0v) is 13.5. The molecule has 19 heavy (non-hydrogen) atoms. The summed E-state index contributed by atoms with van der Waals surface area (Å²) in [5.41, 5.74) is 0. The molecule has 1 fully saturated rings. The van der Waals surface area contributed by atoms with E-state index in [1.54, 1.807) is 0 Å². The van der Waals surface area contributed by atoms with Gasteiger partial charge in [0.2, 0.25) is 0 Å². The van der Waals surface area contributed by atoms with Crippen LogP contribution in [-0.2, 0) is 4.74 Å². The summed E-state index contributed by atoms with van der Waals surface area (Å²) in [5, 5.41) is 3.55. The van der Waals surface area contributed by atoms with Gasteiger partial charge in [-0.25, -0.2) is 0 Å². The molecular weight excluding hydrogens is 236 g/mol. The minimum absolute atomic E-state index is 0.544. The van der Waals surface area contributed by atoms with Crippen molar-refractivity contribution in [2.75, 3.05) is 39.9 Å². The average Bonchev–Trinajstić information content (AvgIpc) is 2.63. The van der Waals surface area contributed by atoms with E-state index in [0.717, 1.165) is 31.5 Å². The van der Waals surface area contributed by atoms with Crippen LogP contribution in [-0.4, -0.2) is 50.8 Å². The fourth-order valence-electron chi connectivity index (χ4n) is 3.11. The smallest absolute Gasteiger partial charge is 0.0630 e. The van der Waals surface area contributed by atoms with Gasteiger partial charge in [-0.3, -0.25) is 4.90 Å². The highest BCUT2D eigenvalue weighted by Crippen LogP contribution is 2.25. The fourth-order valence-corrected chi connectivity index (χ4v) is 3.11. The number of rotatable bonds is 8. The summed E-state index contributed by atoms with van der Waals surface area (Å²) in [7, 11) is 1.82. The lowest BCUT2D eigenvalue weighted by Gasteiger charge is -2.30. The molecule has 2 unspecified atom stereocenters. The van der Waals surface area contributed by atoms with Gasteiger partial charge in [0, 0.05) is 19.7 Å². The van der Waals surface area contributed by atoms with Crippen LogP contribution in [0.25, 0.3) is 0 Å². The summed E-state index contributed by atoms with van der Waals surface area (Å²) in [6.45, 7) is 12.5. The summed E-state index contributed by atoms with van der Waals surface area (Å²) in [4.78, 5) is 2.65. The Hall–Kier alpha value is -0.120. The number of nitrogens with one attached hydrogen (secondary N) is 1. The number of likely N-dealkylation sites (tertiary alicyclic amines) is 1. The van der Waals surface area contributed by atoms with Crippen LogP contribution < -0.4 is 5.32 Å². The van der Waals surface area contributed by atoms with Crippen molar-refractivity contribution < 1.29 is 4.74 Å². The van der Waals surface area contributed by atoms with E-state index in [1.807, 2.05) is 7.11 Å². The van der Waals surface area contributed by atoms with Crippen LogP contribution in [0.5, 0.6) is 0 Å². The first-order valence-electron chi connectivity index (χ1n) is 8.12. The highest BCUT2D eigenvalue weighted by molar-refractivity contribution is 4.79. The second-order valence-corrected chi connectivity index (χ2v) is 6.28. The van der Waals surface area contributed by atoms with E-state index in [2.05, 4.69) is 31.0 Å². The predicted molar refractivity (Wildman–Crippen MR) is 82.6 cm³/mol. The molecule has 1 aliphatic rings. The largest absolute Gasteiger partial charge is 0.383 e. The van der Waals surface area contributed by atoms with Crippen LogP contribution in [0.2, 0.25) is 0 Å².